The molecule has 6 heteroatoms. The van der Waals surface area contributed by atoms with Gasteiger partial charge in [0.2, 0.25) is 0 Å². The molecule has 0 saturated carbocycles. The molecule has 0 fully saturated rings. The maximum Gasteiger partial charge on any atom is 0.156 e. The second-order valence-electron chi connectivity index (χ2n) is 4.64. The first-order valence-electron chi connectivity index (χ1n) is 4.75. The molecular formula is C9H20N2O2S2. The normalized spacial score (nSPS) is 13.1. The maximum atomic E-state index is 11.8. The molecule has 2 N–H and O–H groups in total. The van der Waals surface area contributed by atoms with Gasteiger partial charge in [-0.25, -0.2) is 8.42 Å². The average Bonchev–Trinajstić information content (AvgIpc) is 1.97. The third-order valence-electron chi connectivity index (χ3n) is 2.10. The summed E-state index contributed by atoms with van der Waals surface area (Å²) in [7, 11) is -1.25. The van der Waals surface area contributed by atoms with E-state index in [9.17, 15) is 8.42 Å². The summed E-state index contributed by atoms with van der Waals surface area (Å²) in [4.78, 5) is 2.19. The second-order valence-corrected chi connectivity index (χ2v) is 8.02. The molecule has 0 aliphatic carbocycles. The monoisotopic (exact) mass is 252 g/mol. The van der Waals surface area contributed by atoms with Crippen molar-refractivity contribution in [2.75, 3.05) is 25.9 Å². The number of nitrogens with two attached hydrogens (primary N) is 1. The lowest BCUT2D eigenvalue weighted by Gasteiger charge is -2.22. The van der Waals surface area contributed by atoms with Crippen LogP contribution in [0.25, 0.3) is 0 Å². The fraction of sp³-hybridized carbons (Fsp3) is 0.889. The Morgan fingerprint density at radius 1 is 1.40 bits per heavy atom. The lowest BCUT2D eigenvalue weighted by atomic mass is 10.3. The number of nitrogens with zero attached hydrogens (tertiary/aromatic N) is 1. The zero-order valence-electron chi connectivity index (χ0n) is 9.78. The molecule has 90 valence electrons. The van der Waals surface area contributed by atoms with Gasteiger partial charge in [0.15, 0.2) is 9.84 Å². The summed E-state index contributed by atoms with van der Waals surface area (Å²) in [6.45, 7) is 6.02. The number of hydrogen-bond acceptors (Lipinski definition) is 4. The number of thiocarbonyl (C=S) groups is 1. The highest BCUT2D eigenvalue weighted by Gasteiger charge is 2.28. The van der Waals surface area contributed by atoms with E-state index in [0.29, 0.717) is 18.1 Å². The van der Waals surface area contributed by atoms with Gasteiger partial charge < -0.3 is 5.73 Å². The van der Waals surface area contributed by atoms with Crippen LogP contribution < -0.4 is 5.73 Å². The minimum absolute atomic E-state index is 0.135. The Morgan fingerprint density at radius 2 is 1.87 bits per heavy atom. The second kappa shape index (κ2) is 5.23. The van der Waals surface area contributed by atoms with Crippen molar-refractivity contribution in [1.82, 2.24) is 4.90 Å². The van der Waals surface area contributed by atoms with Crippen LogP contribution in [-0.4, -0.2) is 48.9 Å². The highest BCUT2D eigenvalue weighted by atomic mass is 32.2. The van der Waals surface area contributed by atoms with Crippen LogP contribution in [0, 0.1) is 0 Å². The average molecular weight is 252 g/mol. The van der Waals surface area contributed by atoms with E-state index in [1.54, 1.807) is 27.8 Å². The molecule has 0 aliphatic heterocycles. The minimum atomic E-state index is -3.05. The molecule has 0 radical (unpaired) electrons. The van der Waals surface area contributed by atoms with E-state index < -0.39 is 14.6 Å². The summed E-state index contributed by atoms with van der Waals surface area (Å²) in [6, 6.07) is 0. The first-order chi connectivity index (χ1) is 6.56. The van der Waals surface area contributed by atoms with Crippen molar-refractivity contribution in [3.63, 3.8) is 0 Å². The maximum absolute atomic E-state index is 11.8. The summed E-state index contributed by atoms with van der Waals surface area (Å²) in [5.74, 6) is 0.135. The Hall–Kier alpha value is -0.200. The molecule has 0 bridgehead atoms. The molecule has 4 nitrogen and oxygen atoms in total. The Kier molecular flexibility index (Phi) is 5.16. The molecule has 0 aromatic heterocycles. The lowest BCUT2D eigenvalue weighted by molar-refractivity contribution is 0.402. The van der Waals surface area contributed by atoms with E-state index in [-0.39, 0.29) is 5.75 Å². The van der Waals surface area contributed by atoms with Crippen molar-refractivity contribution in [2.24, 2.45) is 5.73 Å². The highest BCUT2D eigenvalue weighted by Crippen LogP contribution is 2.15. The zero-order valence-corrected chi connectivity index (χ0v) is 11.4. The van der Waals surface area contributed by atoms with E-state index in [1.807, 2.05) is 4.90 Å². The molecule has 0 saturated heterocycles. The van der Waals surface area contributed by atoms with Gasteiger partial charge >= 0.3 is 0 Å². The largest absolute Gasteiger partial charge is 0.392 e. The van der Waals surface area contributed by atoms with Crippen molar-refractivity contribution < 1.29 is 8.42 Å². The first kappa shape index (κ1) is 14.8. The summed E-state index contributed by atoms with van der Waals surface area (Å²) >= 11 is 4.74. The number of likely N-dealkylation sites (N-methyl/N-ethyl adjacent to an activating group) is 1. The van der Waals surface area contributed by atoms with Crippen LogP contribution in [0.1, 0.15) is 20.8 Å². The summed E-state index contributed by atoms with van der Waals surface area (Å²) in [5.41, 5.74) is 5.36. The quantitative estimate of drug-likeness (QED) is 0.718. The van der Waals surface area contributed by atoms with Gasteiger partial charge in [-0.2, -0.15) is 0 Å². The van der Waals surface area contributed by atoms with Gasteiger partial charge in [-0.3, -0.25) is 4.90 Å². The highest BCUT2D eigenvalue weighted by molar-refractivity contribution is 7.92. The Balaban J connectivity index is 4.23. The zero-order chi connectivity index (χ0) is 12.3. The van der Waals surface area contributed by atoms with Crippen molar-refractivity contribution in [2.45, 2.75) is 25.5 Å². The van der Waals surface area contributed by atoms with Gasteiger partial charge in [0.1, 0.15) is 0 Å². The van der Waals surface area contributed by atoms with Crippen LogP contribution in [0.4, 0.5) is 0 Å². The van der Waals surface area contributed by atoms with Crippen LogP contribution in [0.2, 0.25) is 0 Å². The molecule has 0 rings (SSSR count). The Morgan fingerprint density at radius 3 is 2.20 bits per heavy atom. The minimum Gasteiger partial charge on any atom is -0.392 e. The summed E-state index contributed by atoms with van der Waals surface area (Å²) < 4.78 is 22.8. The molecule has 0 heterocycles. The fourth-order valence-corrected chi connectivity index (χ4v) is 2.31. The molecular weight excluding hydrogens is 232 g/mol. The third-order valence-corrected chi connectivity index (χ3v) is 4.82. The van der Waals surface area contributed by atoms with Gasteiger partial charge in [0.25, 0.3) is 0 Å². The van der Waals surface area contributed by atoms with Gasteiger partial charge in [0.05, 0.1) is 15.5 Å². The van der Waals surface area contributed by atoms with E-state index in [4.69, 9.17) is 18.0 Å². The summed E-state index contributed by atoms with van der Waals surface area (Å²) in [6.07, 6.45) is 0. The van der Waals surface area contributed by atoms with Crippen LogP contribution >= 0.6 is 12.2 Å². The predicted molar refractivity (Wildman–Crippen MR) is 67.8 cm³/mol. The van der Waals surface area contributed by atoms with Gasteiger partial charge in [-0.1, -0.05) is 12.2 Å². The predicted octanol–water partition coefficient (Wildman–Crippen LogP) is 0.418. The SMILES string of the molecule is CN(CCS(=O)(=O)C(C)(C)C)CC(N)=S. The number of sulfone groups is 1. The lowest BCUT2D eigenvalue weighted by Crippen LogP contribution is -2.37. The Bertz CT molecular complexity index is 317. The molecule has 0 aliphatic rings. The molecule has 0 atom stereocenters. The van der Waals surface area contributed by atoms with Crippen LogP contribution in [0.3, 0.4) is 0 Å². The fourth-order valence-electron chi connectivity index (χ4n) is 0.927. The van der Waals surface area contributed by atoms with Crippen molar-refractivity contribution in [3.8, 4) is 0 Å². The molecule has 0 unspecified atom stereocenters. The van der Waals surface area contributed by atoms with Crippen molar-refractivity contribution in [3.05, 3.63) is 0 Å². The smallest absolute Gasteiger partial charge is 0.156 e. The van der Waals surface area contributed by atoms with Crippen LogP contribution in [0.5, 0.6) is 0 Å². The Labute approximate surface area is 97.7 Å². The molecule has 0 aromatic rings. The van der Waals surface area contributed by atoms with Crippen LogP contribution in [-0.2, 0) is 9.84 Å². The molecule has 15 heavy (non-hydrogen) atoms. The molecule has 0 spiro atoms. The van der Waals surface area contributed by atoms with Crippen molar-refractivity contribution in [1.29, 1.82) is 0 Å². The number of hydrogen-bond donors (Lipinski definition) is 1. The van der Waals surface area contributed by atoms with E-state index in [2.05, 4.69) is 0 Å². The number of rotatable bonds is 5. The van der Waals surface area contributed by atoms with E-state index >= 15 is 0 Å². The van der Waals surface area contributed by atoms with Gasteiger partial charge in [0, 0.05) is 13.1 Å². The topological polar surface area (TPSA) is 63.4 Å². The van der Waals surface area contributed by atoms with Gasteiger partial charge in [-0.05, 0) is 27.8 Å². The van der Waals surface area contributed by atoms with Crippen molar-refractivity contribution >= 4 is 27.0 Å². The van der Waals surface area contributed by atoms with E-state index in [0.717, 1.165) is 0 Å². The third kappa shape index (κ3) is 5.44. The van der Waals surface area contributed by atoms with Gasteiger partial charge in [-0.15, -0.1) is 0 Å². The molecule has 0 aromatic carbocycles. The first-order valence-corrected chi connectivity index (χ1v) is 6.81. The molecule has 0 amide bonds. The van der Waals surface area contributed by atoms with Crippen LogP contribution in [0.15, 0.2) is 0 Å². The standard InChI is InChI=1S/C9H20N2O2S2/c1-9(2,3)15(12,13)6-5-11(4)7-8(10)14/h5-7H2,1-4H3,(H2,10,14). The summed E-state index contributed by atoms with van der Waals surface area (Å²) in [5, 5.41) is 0. The van der Waals surface area contributed by atoms with E-state index in [1.165, 1.54) is 0 Å².